The molecule has 2 amide bonds. The molecule has 2 atom stereocenters. The quantitative estimate of drug-likeness (QED) is 0.780. The number of amides is 2. The van der Waals surface area contributed by atoms with Crippen molar-refractivity contribution in [2.24, 2.45) is 5.41 Å². The minimum atomic E-state index is -0.418. The van der Waals surface area contributed by atoms with E-state index in [0.29, 0.717) is 56.4 Å². The summed E-state index contributed by atoms with van der Waals surface area (Å²) in [6, 6.07) is -0.293. The maximum Gasteiger partial charge on any atom is 0.292 e. The van der Waals surface area contributed by atoms with Gasteiger partial charge in [-0.2, -0.15) is 0 Å². The molecular weight excluding hydrogens is 388 g/mol. The predicted molar refractivity (Wildman–Crippen MR) is 106 cm³/mol. The van der Waals surface area contributed by atoms with E-state index in [2.05, 4.69) is 9.97 Å². The molecule has 0 bridgehead atoms. The van der Waals surface area contributed by atoms with Crippen molar-refractivity contribution in [3.05, 3.63) is 35.3 Å². The predicted octanol–water partition coefficient (Wildman–Crippen LogP) is 0.879. The Labute approximate surface area is 175 Å². The van der Waals surface area contributed by atoms with Crippen LogP contribution in [-0.4, -0.2) is 82.2 Å². The summed E-state index contributed by atoms with van der Waals surface area (Å²) in [7, 11) is 0. The fourth-order valence-corrected chi connectivity index (χ4v) is 4.72. The van der Waals surface area contributed by atoms with Gasteiger partial charge in [-0.1, -0.05) is 0 Å². The third kappa shape index (κ3) is 3.62. The highest BCUT2D eigenvalue weighted by Gasteiger charge is 2.50. The number of aliphatic hydroxyl groups excluding tert-OH is 1. The molecule has 0 spiro atoms. The number of ether oxygens (including phenoxy) is 2. The second-order valence-corrected chi connectivity index (χ2v) is 8.24. The summed E-state index contributed by atoms with van der Waals surface area (Å²) in [5.74, 6) is 0.916. The molecule has 0 saturated carbocycles. The van der Waals surface area contributed by atoms with Gasteiger partial charge < -0.3 is 24.4 Å². The standard InChI is InChI=1S/C21H28N4O5/c1-14-18(30-9-8-29-14)20(28)25-6-3-4-21(13-26)5-7-24(12-17(21)25)19(27)16-10-22-15(2)23-11-16/h10-11,17,26H,3-9,12-13H2,1-2H3/t17-,21-/m0/s1. The molecule has 9 heteroatoms. The first-order chi connectivity index (χ1) is 14.4. The average Bonchev–Trinajstić information content (AvgIpc) is 2.78. The van der Waals surface area contributed by atoms with Crippen LogP contribution in [0.3, 0.4) is 0 Å². The van der Waals surface area contributed by atoms with Crippen LogP contribution in [0.25, 0.3) is 0 Å². The van der Waals surface area contributed by atoms with Crippen LogP contribution < -0.4 is 0 Å². The third-order valence-corrected chi connectivity index (χ3v) is 6.48. The Morgan fingerprint density at radius 1 is 1.13 bits per heavy atom. The van der Waals surface area contributed by atoms with Crippen LogP contribution in [-0.2, 0) is 14.3 Å². The molecule has 3 aliphatic rings. The van der Waals surface area contributed by atoms with Gasteiger partial charge in [-0.05, 0) is 33.1 Å². The zero-order chi connectivity index (χ0) is 21.3. The highest BCUT2D eigenvalue weighted by molar-refractivity contribution is 5.94. The fraction of sp³-hybridized carbons (Fsp3) is 0.619. The van der Waals surface area contributed by atoms with Gasteiger partial charge in [0.2, 0.25) is 5.76 Å². The number of allylic oxidation sites excluding steroid dienone is 1. The van der Waals surface area contributed by atoms with Gasteiger partial charge in [0.05, 0.1) is 18.2 Å². The number of aliphatic hydroxyl groups is 1. The van der Waals surface area contributed by atoms with Crippen LogP contribution in [0.4, 0.5) is 0 Å². The SMILES string of the molecule is CC1=C(C(=O)N2CCC[C@@]3(CO)CCN(C(=O)c4cnc(C)nc4)C[C@H]23)OCCO1. The minimum Gasteiger partial charge on any atom is -0.491 e. The van der Waals surface area contributed by atoms with E-state index in [0.717, 1.165) is 12.8 Å². The van der Waals surface area contributed by atoms with Gasteiger partial charge in [0.25, 0.3) is 11.8 Å². The Kier molecular flexibility index (Phi) is 5.64. The molecule has 4 heterocycles. The number of carbonyl (C=O) groups excluding carboxylic acids is 2. The first-order valence-corrected chi connectivity index (χ1v) is 10.4. The van der Waals surface area contributed by atoms with Gasteiger partial charge in [0.15, 0.2) is 0 Å². The van der Waals surface area contributed by atoms with Gasteiger partial charge in [-0.25, -0.2) is 9.97 Å². The van der Waals surface area contributed by atoms with Crippen molar-refractivity contribution in [1.29, 1.82) is 0 Å². The van der Waals surface area contributed by atoms with Gasteiger partial charge >= 0.3 is 0 Å². The van der Waals surface area contributed by atoms with E-state index in [-0.39, 0.29) is 30.2 Å². The molecule has 9 nitrogen and oxygen atoms in total. The van der Waals surface area contributed by atoms with Crippen LogP contribution in [0, 0.1) is 12.3 Å². The van der Waals surface area contributed by atoms with Crippen LogP contribution in [0.5, 0.6) is 0 Å². The maximum absolute atomic E-state index is 13.3. The molecule has 1 aromatic heterocycles. The largest absolute Gasteiger partial charge is 0.491 e. The Morgan fingerprint density at radius 3 is 2.57 bits per heavy atom. The summed E-state index contributed by atoms with van der Waals surface area (Å²) < 4.78 is 11.1. The van der Waals surface area contributed by atoms with Crippen molar-refractivity contribution in [2.45, 2.75) is 39.2 Å². The molecule has 3 aliphatic heterocycles. The molecule has 2 fully saturated rings. The number of piperidine rings is 2. The number of aromatic nitrogens is 2. The number of nitrogens with zero attached hydrogens (tertiary/aromatic N) is 4. The fourth-order valence-electron chi connectivity index (χ4n) is 4.72. The molecule has 0 aromatic carbocycles. The Bertz CT molecular complexity index is 855. The van der Waals surface area contributed by atoms with Crippen molar-refractivity contribution in [3.8, 4) is 0 Å². The van der Waals surface area contributed by atoms with Gasteiger partial charge in [0.1, 0.15) is 24.8 Å². The molecule has 1 N–H and O–H groups in total. The first kappa shape index (κ1) is 20.6. The molecule has 30 heavy (non-hydrogen) atoms. The van der Waals surface area contributed by atoms with Crippen molar-refractivity contribution < 1.29 is 24.2 Å². The highest BCUT2D eigenvalue weighted by atomic mass is 16.6. The normalized spacial score (nSPS) is 26.6. The summed E-state index contributed by atoms with van der Waals surface area (Å²) in [6.45, 7) is 5.66. The lowest BCUT2D eigenvalue weighted by molar-refractivity contribution is -0.147. The number of likely N-dealkylation sites (tertiary alicyclic amines) is 2. The number of hydrogen-bond acceptors (Lipinski definition) is 7. The van der Waals surface area contributed by atoms with E-state index in [1.54, 1.807) is 23.6 Å². The van der Waals surface area contributed by atoms with E-state index in [9.17, 15) is 14.7 Å². The number of rotatable bonds is 3. The van der Waals surface area contributed by atoms with Gasteiger partial charge in [-0.15, -0.1) is 0 Å². The minimum absolute atomic E-state index is 0.0213. The van der Waals surface area contributed by atoms with Crippen molar-refractivity contribution in [3.63, 3.8) is 0 Å². The van der Waals surface area contributed by atoms with E-state index >= 15 is 0 Å². The first-order valence-electron chi connectivity index (χ1n) is 10.4. The second kappa shape index (κ2) is 8.22. The van der Waals surface area contributed by atoms with E-state index in [4.69, 9.17) is 9.47 Å². The maximum atomic E-state index is 13.3. The summed E-state index contributed by atoms with van der Waals surface area (Å²) in [6.07, 6.45) is 5.32. The average molecular weight is 416 g/mol. The summed E-state index contributed by atoms with van der Waals surface area (Å²) >= 11 is 0. The Morgan fingerprint density at radius 2 is 1.87 bits per heavy atom. The van der Waals surface area contributed by atoms with Crippen molar-refractivity contribution in [1.82, 2.24) is 19.8 Å². The lowest BCUT2D eigenvalue weighted by atomic mass is 9.68. The van der Waals surface area contributed by atoms with Gasteiger partial charge in [0, 0.05) is 37.4 Å². The summed E-state index contributed by atoms with van der Waals surface area (Å²) in [4.78, 5) is 38.1. The monoisotopic (exact) mass is 416 g/mol. The van der Waals surface area contributed by atoms with Crippen LogP contribution in [0.1, 0.15) is 42.4 Å². The van der Waals surface area contributed by atoms with Crippen LogP contribution >= 0.6 is 0 Å². The molecule has 0 radical (unpaired) electrons. The van der Waals surface area contributed by atoms with Crippen molar-refractivity contribution >= 4 is 11.8 Å². The summed E-state index contributed by atoms with van der Waals surface area (Å²) in [5.41, 5.74) is 0.00620. The molecule has 162 valence electrons. The molecular formula is C21H28N4O5. The topological polar surface area (TPSA) is 105 Å². The van der Waals surface area contributed by atoms with Crippen LogP contribution in [0.15, 0.2) is 23.9 Å². The zero-order valence-electron chi connectivity index (χ0n) is 17.5. The summed E-state index contributed by atoms with van der Waals surface area (Å²) in [5, 5.41) is 10.3. The van der Waals surface area contributed by atoms with Crippen LogP contribution in [0.2, 0.25) is 0 Å². The smallest absolute Gasteiger partial charge is 0.292 e. The highest BCUT2D eigenvalue weighted by Crippen LogP contribution is 2.43. The molecule has 0 aliphatic carbocycles. The van der Waals surface area contributed by atoms with Gasteiger partial charge in [-0.3, -0.25) is 9.59 Å². The number of aryl methyl sites for hydroxylation is 1. The lowest BCUT2D eigenvalue weighted by Crippen LogP contribution is -2.64. The second-order valence-electron chi connectivity index (χ2n) is 8.24. The molecule has 4 rings (SSSR count). The molecule has 0 unspecified atom stereocenters. The third-order valence-electron chi connectivity index (χ3n) is 6.48. The van der Waals surface area contributed by atoms with E-state index in [1.807, 2.05) is 0 Å². The number of fused-ring (bicyclic) bond motifs is 1. The van der Waals surface area contributed by atoms with E-state index in [1.165, 1.54) is 12.4 Å². The van der Waals surface area contributed by atoms with E-state index < -0.39 is 5.41 Å². The number of carbonyl (C=O) groups is 2. The molecule has 1 aromatic rings. The molecule has 2 saturated heterocycles. The van der Waals surface area contributed by atoms with Crippen molar-refractivity contribution in [2.75, 3.05) is 39.5 Å². The number of hydrogen-bond donors (Lipinski definition) is 1. The Hall–Kier alpha value is -2.68. The zero-order valence-corrected chi connectivity index (χ0v) is 17.5. The Balaban J connectivity index is 1.60. The lowest BCUT2D eigenvalue weighted by Gasteiger charge is -2.54.